The third-order valence-corrected chi connectivity index (χ3v) is 4.65. The van der Waals surface area contributed by atoms with Crippen molar-refractivity contribution >= 4 is 17.5 Å². The summed E-state index contributed by atoms with van der Waals surface area (Å²) < 4.78 is 13.1. The van der Waals surface area contributed by atoms with Crippen molar-refractivity contribution in [1.29, 1.82) is 0 Å². The van der Waals surface area contributed by atoms with Crippen LogP contribution in [0.2, 0.25) is 5.15 Å². The Bertz CT molecular complexity index is 500. The third-order valence-electron chi connectivity index (χ3n) is 4.35. The average molecular weight is 271 g/mol. The maximum Gasteiger partial charge on any atom is 0.254 e. The van der Waals surface area contributed by atoms with Gasteiger partial charge in [-0.25, -0.2) is 9.37 Å². The van der Waals surface area contributed by atoms with E-state index in [0.717, 1.165) is 12.3 Å². The van der Waals surface area contributed by atoms with Crippen molar-refractivity contribution < 1.29 is 9.18 Å². The number of pyridine rings is 1. The highest BCUT2D eigenvalue weighted by Gasteiger charge is 2.65. The van der Waals surface area contributed by atoms with Crippen LogP contribution in [0.5, 0.6) is 0 Å². The van der Waals surface area contributed by atoms with E-state index in [2.05, 4.69) is 38.0 Å². The molecule has 0 radical (unpaired) electrons. The highest BCUT2D eigenvalue weighted by Crippen LogP contribution is 2.62. The van der Waals surface area contributed by atoms with Crippen LogP contribution in [-0.2, 0) is 0 Å². The molecule has 5 heteroatoms. The summed E-state index contributed by atoms with van der Waals surface area (Å²) in [4.78, 5) is 15.7. The van der Waals surface area contributed by atoms with E-state index in [9.17, 15) is 9.18 Å². The number of rotatable bonds is 2. The van der Waals surface area contributed by atoms with Gasteiger partial charge in [-0.3, -0.25) is 4.79 Å². The predicted octanol–water partition coefficient (Wildman–Crippen LogP) is 3.04. The van der Waals surface area contributed by atoms with Gasteiger partial charge < -0.3 is 5.32 Å². The van der Waals surface area contributed by atoms with Gasteiger partial charge in [-0.15, -0.1) is 0 Å². The molecule has 1 aromatic rings. The number of carbonyl (C=O) groups excluding carboxylic acids is 1. The zero-order chi connectivity index (χ0) is 13.7. The van der Waals surface area contributed by atoms with Crippen LogP contribution >= 0.6 is 11.6 Å². The second-order valence-electron chi connectivity index (χ2n) is 5.84. The van der Waals surface area contributed by atoms with Gasteiger partial charge in [0.15, 0.2) is 0 Å². The van der Waals surface area contributed by atoms with Crippen LogP contribution in [0, 0.1) is 16.6 Å². The van der Waals surface area contributed by atoms with Gasteiger partial charge in [0.2, 0.25) is 0 Å². The number of amides is 1. The molecule has 1 N–H and O–H groups in total. The van der Waals surface area contributed by atoms with Gasteiger partial charge >= 0.3 is 0 Å². The Morgan fingerprint density at radius 1 is 1.39 bits per heavy atom. The number of nitrogens with one attached hydrogen (secondary N) is 1. The lowest BCUT2D eigenvalue weighted by molar-refractivity contribution is 0.0943. The molecule has 0 aromatic carbocycles. The van der Waals surface area contributed by atoms with Crippen LogP contribution in [0.3, 0.4) is 0 Å². The first-order valence-electron chi connectivity index (χ1n) is 5.80. The van der Waals surface area contributed by atoms with Crippen molar-refractivity contribution in [1.82, 2.24) is 10.3 Å². The van der Waals surface area contributed by atoms with Crippen LogP contribution in [-0.4, -0.2) is 16.9 Å². The average Bonchev–Trinajstić information content (AvgIpc) is 2.64. The summed E-state index contributed by atoms with van der Waals surface area (Å²) in [7, 11) is 0. The Kier molecular flexibility index (Phi) is 2.89. The zero-order valence-electron chi connectivity index (χ0n) is 10.8. The monoisotopic (exact) mass is 270 g/mol. The van der Waals surface area contributed by atoms with Crippen molar-refractivity contribution in [3.63, 3.8) is 0 Å². The fourth-order valence-electron chi connectivity index (χ4n) is 2.35. The minimum absolute atomic E-state index is 0.0187. The van der Waals surface area contributed by atoms with Crippen LogP contribution in [0.1, 0.15) is 38.1 Å². The first-order valence-corrected chi connectivity index (χ1v) is 6.17. The number of carbonyl (C=O) groups is 1. The second-order valence-corrected chi connectivity index (χ2v) is 6.20. The number of hydrogen-bond donors (Lipinski definition) is 1. The molecule has 98 valence electrons. The maximum atomic E-state index is 13.1. The van der Waals surface area contributed by atoms with E-state index in [1.165, 1.54) is 0 Å². The summed E-state index contributed by atoms with van der Waals surface area (Å²) in [5, 5.41) is 2.91. The Morgan fingerprint density at radius 3 is 2.44 bits per heavy atom. The fraction of sp³-hybridized carbons (Fsp3) is 0.538. The van der Waals surface area contributed by atoms with E-state index in [1.807, 2.05) is 0 Å². The summed E-state index contributed by atoms with van der Waals surface area (Å²) in [5.41, 5.74) is 0.126. The lowest BCUT2D eigenvalue weighted by atomic mass is 10.0. The zero-order valence-corrected chi connectivity index (χ0v) is 11.6. The molecule has 0 aliphatic heterocycles. The number of halogens is 2. The van der Waals surface area contributed by atoms with Crippen LogP contribution in [0.15, 0.2) is 12.3 Å². The molecule has 18 heavy (non-hydrogen) atoms. The van der Waals surface area contributed by atoms with E-state index in [4.69, 9.17) is 11.6 Å². The molecule has 1 amide bonds. The van der Waals surface area contributed by atoms with E-state index in [-0.39, 0.29) is 33.5 Å². The van der Waals surface area contributed by atoms with E-state index < -0.39 is 5.82 Å². The standard InChI is InChI=1S/C13H16ClFN2O/c1-12(2)11(13(12,3)4)17-10(18)8-5-7(15)6-16-9(8)14/h5-6,11H,1-4H3,(H,17,18). The lowest BCUT2D eigenvalue weighted by Crippen LogP contribution is -2.30. The molecule has 1 heterocycles. The quantitative estimate of drug-likeness (QED) is 0.840. The summed E-state index contributed by atoms with van der Waals surface area (Å²) in [6, 6.07) is 1.16. The minimum atomic E-state index is -0.570. The SMILES string of the molecule is CC1(C)C(NC(=O)c2cc(F)cnc2Cl)C1(C)C. The molecule has 2 rings (SSSR count). The molecule has 1 saturated carbocycles. The van der Waals surface area contributed by atoms with Gasteiger partial charge in [-0.2, -0.15) is 0 Å². The van der Waals surface area contributed by atoms with Gasteiger partial charge in [0.05, 0.1) is 11.8 Å². The summed E-state index contributed by atoms with van der Waals surface area (Å²) in [6.45, 7) is 8.35. The van der Waals surface area contributed by atoms with Crippen LogP contribution < -0.4 is 5.32 Å². The Balaban J connectivity index is 2.17. The predicted molar refractivity (Wildman–Crippen MR) is 68.0 cm³/mol. The van der Waals surface area contributed by atoms with Gasteiger partial charge in [-0.05, 0) is 16.9 Å². The van der Waals surface area contributed by atoms with Crippen molar-refractivity contribution in [2.24, 2.45) is 10.8 Å². The van der Waals surface area contributed by atoms with Gasteiger partial charge in [0.25, 0.3) is 5.91 Å². The third kappa shape index (κ3) is 1.88. The molecular formula is C13H16ClFN2O. The summed E-state index contributed by atoms with van der Waals surface area (Å²) in [6.07, 6.45) is 0.990. The van der Waals surface area contributed by atoms with Crippen LogP contribution in [0.4, 0.5) is 4.39 Å². The molecule has 1 aromatic heterocycles. The Labute approximate surface area is 111 Å². The smallest absolute Gasteiger partial charge is 0.254 e. The largest absolute Gasteiger partial charge is 0.348 e. The van der Waals surface area contributed by atoms with Gasteiger partial charge in [-0.1, -0.05) is 39.3 Å². The second kappa shape index (κ2) is 3.92. The lowest BCUT2D eigenvalue weighted by Gasteiger charge is -2.07. The number of hydrogen-bond acceptors (Lipinski definition) is 2. The van der Waals surface area contributed by atoms with E-state index >= 15 is 0 Å². The number of aromatic nitrogens is 1. The molecule has 1 aliphatic carbocycles. The number of nitrogens with zero attached hydrogens (tertiary/aromatic N) is 1. The summed E-state index contributed by atoms with van der Waals surface area (Å²) >= 11 is 5.80. The van der Waals surface area contributed by atoms with Crippen molar-refractivity contribution in [2.45, 2.75) is 33.7 Å². The van der Waals surface area contributed by atoms with E-state index in [0.29, 0.717) is 0 Å². The molecule has 0 bridgehead atoms. The molecule has 0 atom stereocenters. The molecule has 1 aliphatic rings. The topological polar surface area (TPSA) is 42.0 Å². The minimum Gasteiger partial charge on any atom is -0.348 e. The van der Waals surface area contributed by atoms with E-state index in [1.54, 1.807) is 0 Å². The Hall–Kier alpha value is -1.16. The Morgan fingerprint density at radius 2 is 1.94 bits per heavy atom. The highest BCUT2D eigenvalue weighted by molar-refractivity contribution is 6.32. The van der Waals surface area contributed by atoms with Gasteiger partial charge in [0, 0.05) is 6.04 Å². The molecule has 1 fully saturated rings. The van der Waals surface area contributed by atoms with Gasteiger partial charge in [0.1, 0.15) is 11.0 Å². The van der Waals surface area contributed by atoms with Crippen LogP contribution in [0.25, 0.3) is 0 Å². The first-order chi connectivity index (χ1) is 8.18. The maximum absolute atomic E-state index is 13.1. The van der Waals surface area contributed by atoms with Crippen molar-refractivity contribution in [3.05, 3.63) is 28.8 Å². The summed E-state index contributed by atoms with van der Waals surface area (Å²) in [5.74, 6) is -0.950. The molecule has 3 nitrogen and oxygen atoms in total. The molecule has 0 saturated heterocycles. The van der Waals surface area contributed by atoms with Crippen molar-refractivity contribution in [2.75, 3.05) is 0 Å². The fourth-order valence-corrected chi connectivity index (χ4v) is 2.54. The normalized spacial score (nSPS) is 20.6. The first kappa shape index (κ1) is 13.3. The highest BCUT2D eigenvalue weighted by atomic mass is 35.5. The molecule has 0 unspecified atom stereocenters. The molecular weight excluding hydrogens is 255 g/mol. The molecule has 0 spiro atoms. The van der Waals surface area contributed by atoms with Crippen molar-refractivity contribution in [3.8, 4) is 0 Å².